The van der Waals surface area contributed by atoms with Crippen molar-refractivity contribution in [2.75, 3.05) is 32.1 Å². The second-order valence-electron chi connectivity index (χ2n) is 5.29. The minimum absolute atomic E-state index is 0.804. The first-order valence-corrected chi connectivity index (χ1v) is 6.73. The molecule has 1 saturated heterocycles. The van der Waals surface area contributed by atoms with Crippen molar-refractivity contribution in [3.05, 3.63) is 29.8 Å². The summed E-state index contributed by atoms with van der Waals surface area (Å²) < 4.78 is 0. The normalized spacial score (nSPS) is 20.9. The molecular formula is C15H24N2. The third-order valence-corrected chi connectivity index (χ3v) is 3.63. The van der Waals surface area contributed by atoms with Gasteiger partial charge in [0.05, 0.1) is 0 Å². The van der Waals surface area contributed by atoms with Crippen molar-refractivity contribution in [2.24, 2.45) is 5.92 Å². The first-order chi connectivity index (χ1) is 8.27. The molecule has 1 aromatic rings. The molecule has 1 atom stereocenters. The van der Waals surface area contributed by atoms with Crippen molar-refractivity contribution in [3.63, 3.8) is 0 Å². The summed E-state index contributed by atoms with van der Waals surface area (Å²) in [5, 5.41) is 3.55. The Morgan fingerprint density at radius 3 is 2.88 bits per heavy atom. The van der Waals surface area contributed by atoms with Crippen LogP contribution < -0.4 is 10.2 Å². The third kappa shape index (κ3) is 3.47. The lowest BCUT2D eigenvalue weighted by Gasteiger charge is -2.21. The Kier molecular flexibility index (Phi) is 4.43. The van der Waals surface area contributed by atoms with Crippen LogP contribution in [0.2, 0.25) is 0 Å². The highest BCUT2D eigenvalue weighted by molar-refractivity contribution is 5.52. The van der Waals surface area contributed by atoms with E-state index < -0.39 is 0 Å². The van der Waals surface area contributed by atoms with Crippen LogP contribution in [0.25, 0.3) is 0 Å². The van der Waals surface area contributed by atoms with Crippen LogP contribution in [0.3, 0.4) is 0 Å². The van der Waals surface area contributed by atoms with E-state index in [4.69, 9.17) is 0 Å². The van der Waals surface area contributed by atoms with Crippen LogP contribution >= 0.6 is 0 Å². The summed E-state index contributed by atoms with van der Waals surface area (Å²) in [6.45, 7) is 2.38. The fourth-order valence-corrected chi connectivity index (χ4v) is 2.70. The molecule has 1 aliphatic heterocycles. The molecule has 1 aromatic carbocycles. The average Bonchev–Trinajstić information content (AvgIpc) is 2.58. The van der Waals surface area contributed by atoms with Gasteiger partial charge in [-0.15, -0.1) is 0 Å². The SMILES string of the molecule is CN(C)c1ccccc1CC1CCCCNC1. The largest absolute Gasteiger partial charge is 0.377 e. The van der Waals surface area contributed by atoms with Gasteiger partial charge in [0.25, 0.3) is 0 Å². The molecule has 0 radical (unpaired) electrons. The zero-order valence-electron chi connectivity index (χ0n) is 11.1. The molecule has 2 nitrogen and oxygen atoms in total. The van der Waals surface area contributed by atoms with E-state index in [9.17, 15) is 0 Å². The predicted octanol–water partition coefficient (Wildman–Crippen LogP) is 2.68. The number of para-hydroxylation sites is 1. The minimum Gasteiger partial charge on any atom is -0.377 e. The van der Waals surface area contributed by atoms with Gasteiger partial charge in [-0.2, -0.15) is 0 Å². The molecule has 0 saturated carbocycles. The highest BCUT2D eigenvalue weighted by Crippen LogP contribution is 2.24. The predicted molar refractivity (Wildman–Crippen MR) is 74.7 cm³/mol. The monoisotopic (exact) mass is 232 g/mol. The van der Waals surface area contributed by atoms with Gasteiger partial charge in [0, 0.05) is 19.8 Å². The maximum atomic E-state index is 3.55. The van der Waals surface area contributed by atoms with Crippen LogP contribution in [-0.2, 0) is 6.42 Å². The van der Waals surface area contributed by atoms with Gasteiger partial charge in [-0.05, 0) is 49.9 Å². The number of nitrogens with one attached hydrogen (secondary N) is 1. The van der Waals surface area contributed by atoms with E-state index in [1.807, 2.05) is 0 Å². The quantitative estimate of drug-likeness (QED) is 0.862. The van der Waals surface area contributed by atoms with E-state index in [0.717, 1.165) is 5.92 Å². The average molecular weight is 232 g/mol. The van der Waals surface area contributed by atoms with E-state index in [0.29, 0.717) is 0 Å². The van der Waals surface area contributed by atoms with Gasteiger partial charge in [-0.3, -0.25) is 0 Å². The molecule has 1 aliphatic rings. The molecular weight excluding hydrogens is 208 g/mol. The Balaban J connectivity index is 2.06. The van der Waals surface area contributed by atoms with Gasteiger partial charge in [0.1, 0.15) is 0 Å². The molecule has 1 unspecified atom stereocenters. The highest BCUT2D eigenvalue weighted by Gasteiger charge is 2.14. The molecule has 0 aromatic heterocycles. The van der Waals surface area contributed by atoms with E-state index in [1.165, 1.54) is 50.0 Å². The molecule has 1 fully saturated rings. The Labute approximate surface area is 105 Å². The lowest BCUT2D eigenvalue weighted by Crippen LogP contribution is -2.22. The van der Waals surface area contributed by atoms with Crippen molar-refractivity contribution in [2.45, 2.75) is 25.7 Å². The van der Waals surface area contributed by atoms with E-state index >= 15 is 0 Å². The Morgan fingerprint density at radius 2 is 2.06 bits per heavy atom. The standard InChI is InChI=1S/C15H24N2/c1-17(2)15-9-4-3-8-14(15)11-13-7-5-6-10-16-12-13/h3-4,8-9,13,16H,5-7,10-12H2,1-2H3. The van der Waals surface area contributed by atoms with Gasteiger partial charge in [-0.1, -0.05) is 24.6 Å². The Morgan fingerprint density at radius 1 is 1.24 bits per heavy atom. The van der Waals surface area contributed by atoms with Gasteiger partial charge >= 0.3 is 0 Å². The zero-order chi connectivity index (χ0) is 12.1. The molecule has 1 heterocycles. The lowest BCUT2D eigenvalue weighted by molar-refractivity contribution is 0.477. The van der Waals surface area contributed by atoms with Crippen LogP contribution in [0.15, 0.2) is 24.3 Å². The van der Waals surface area contributed by atoms with E-state index in [1.54, 1.807) is 0 Å². The fraction of sp³-hybridized carbons (Fsp3) is 0.600. The van der Waals surface area contributed by atoms with Crippen LogP contribution in [0.4, 0.5) is 5.69 Å². The topological polar surface area (TPSA) is 15.3 Å². The molecule has 0 aliphatic carbocycles. The minimum atomic E-state index is 0.804. The lowest BCUT2D eigenvalue weighted by atomic mass is 9.94. The van der Waals surface area contributed by atoms with Gasteiger partial charge in [0.2, 0.25) is 0 Å². The summed E-state index contributed by atoms with van der Waals surface area (Å²) in [6, 6.07) is 8.79. The van der Waals surface area contributed by atoms with Gasteiger partial charge in [-0.25, -0.2) is 0 Å². The van der Waals surface area contributed by atoms with Crippen molar-refractivity contribution in [1.29, 1.82) is 0 Å². The maximum absolute atomic E-state index is 3.55. The number of anilines is 1. The van der Waals surface area contributed by atoms with Crippen LogP contribution in [-0.4, -0.2) is 27.2 Å². The van der Waals surface area contributed by atoms with Crippen molar-refractivity contribution < 1.29 is 0 Å². The summed E-state index contributed by atoms with van der Waals surface area (Å²) in [6.07, 6.45) is 5.30. The van der Waals surface area contributed by atoms with Crippen LogP contribution in [0.5, 0.6) is 0 Å². The second kappa shape index (κ2) is 6.06. The number of benzene rings is 1. The molecule has 94 valence electrons. The highest BCUT2D eigenvalue weighted by atomic mass is 15.1. The molecule has 0 amide bonds. The van der Waals surface area contributed by atoms with Gasteiger partial charge in [0.15, 0.2) is 0 Å². The smallest absolute Gasteiger partial charge is 0.0393 e. The van der Waals surface area contributed by atoms with Crippen molar-refractivity contribution in [3.8, 4) is 0 Å². The summed E-state index contributed by atoms with van der Waals surface area (Å²) in [7, 11) is 4.26. The second-order valence-corrected chi connectivity index (χ2v) is 5.29. The molecule has 17 heavy (non-hydrogen) atoms. The fourth-order valence-electron chi connectivity index (χ4n) is 2.70. The number of nitrogens with zero attached hydrogens (tertiary/aromatic N) is 1. The number of rotatable bonds is 3. The molecule has 2 rings (SSSR count). The first kappa shape index (κ1) is 12.4. The maximum Gasteiger partial charge on any atom is 0.0393 e. The Hall–Kier alpha value is -1.02. The number of hydrogen-bond acceptors (Lipinski definition) is 2. The van der Waals surface area contributed by atoms with Gasteiger partial charge < -0.3 is 10.2 Å². The summed E-state index contributed by atoms with van der Waals surface area (Å²) >= 11 is 0. The molecule has 0 bridgehead atoms. The Bertz CT molecular complexity index is 339. The molecule has 1 N–H and O–H groups in total. The van der Waals surface area contributed by atoms with E-state index in [2.05, 4.69) is 48.6 Å². The summed E-state index contributed by atoms with van der Waals surface area (Å²) in [4.78, 5) is 2.22. The zero-order valence-corrected chi connectivity index (χ0v) is 11.1. The first-order valence-electron chi connectivity index (χ1n) is 6.73. The van der Waals surface area contributed by atoms with Crippen molar-refractivity contribution >= 4 is 5.69 Å². The summed E-state index contributed by atoms with van der Waals surface area (Å²) in [5.41, 5.74) is 2.86. The number of hydrogen-bond donors (Lipinski definition) is 1. The van der Waals surface area contributed by atoms with E-state index in [-0.39, 0.29) is 0 Å². The third-order valence-electron chi connectivity index (χ3n) is 3.63. The van der Waals surface area contributed by atoms with Crippen LogP contribution in [0, 0.1) is 5.92 Å². The molecule has 0 spiro atoms. The molecule has 2 heteroatoms. The van der Waals surface area contributed by atoms with Crippen molar-refractivity contribution in [1.82, 2.24) is 5.32 Å². The van der Waals surface area contributed by atoms with Crippen LogP contribution in [0.1, 0.15) is 24.8 Å². The summed E-state index contributed by atoms with van der Waals surface area (Å²) in [5.74, 6) is 0.804.